The highest BCUT2D eigenvalue weighted by atomic mass is 32.2. The first kappa shape index (κ1) is 27.8. The molecule has 4 rings (SSSR count). The second-order valence-electron chi connectivity index (χ2n) is 8.95. The lowest BCUT2D eigenvalue weighted by Gasteiger charge is -2.12. The Morgan fingerprint density at radius 3 is 2.15 bits per heavy atom. The molecule has 0 unspecified atom stereocenters. The fraction of sp³-hybridized carbons (Fsp3) is 0.133. The Kier molecular flexibility index (Phi) is 8.96. The van der Waals surface area contributed by atoms with Crippen LogP contribution in [-0.4, -0.2) is 26.0 Å². The predicted molar refractivity (Wildman–Crippen MR) is 159 cm³/mol. The van der Waals surface area contributed by atoms with Gasteiger partial charge in [0.05, 0.1) is 11.5 Å². The molecule has 4 aromatic rings. The molecule has 0 aliphatic heterocycles. The van der Waals surface area contributed by atoms with Crippen molar-refractivity contribution in [1.29, 1.82) is 0 Å². The molecule has 0 fully saturated rings. The summed E-state index contributed by atoms with van der Waals surface area (Å²) in [5.74, 6) is 0.297. The number of nitrogens with one attached hydrogen (secondary N) is 3. The molecule has 0 saturated carbocycles. The number of carbonyl (C=O) groups is 1. The molecule has 3 N–H and O–H groups in total. The average Bonchev–Trinajstić information content (AvgIpc) is 2.92. The largest absolute Gasteiger partial charge is 0.493 e. The van der Waals surface area contributed by atoms with Gasteiger partial charge in [-0.05, 0) is 103 Å². The number of carbonyl (C=O) groups excluding carboxylic acids is 1. The van der Waals surface area contributed by atoms with Crippen LogP contribution in [0.2, 0.25) is 0 Å². The zero-order valence-electron chi connectivity index (χ0n) is 21.6. The van der Waals surface area contributed by atoms with Gasteiger partial charge in [0.15, 0.2) is 5.11 Å². The quantitative estimate of drug-likeness (QED) is 0.223. The van der Waals surface area contributed by atoms with E-state index in [0.29, 0.717) is 29.3 Å². The number of sulfonamides is 1. The van der Waals surface area contributed by atoms with Crippen LogP contribution in [0, 0.1) is 13.8 Å². The zero-order chi connectivity index (χ0) is 27.8. The van der Waals surface area contributed by atoms with Gasteiger partial charge in [-0.15, -0.1) is 0 Å². The van der Waals surface area contributed by atoms with Crippen LogP contribution in [0.5, 0.6) is 5.75 Å². The maximum atomic E-state index is 12.8. The Morgan fingerprint density at radius 2 is 1.49 bits per heavy atom. The molecule has 4 aromatic carbocycles. The van der Waals surface area contributed by atoms with E-state index < -0.39 is 10.0 Å². The number of hydrogen-bond donors (Lipinski definition) is 3. The monoisotopic (exact) mass is 559 g/mol. The highest BCUT2D eigenvalue weighted by Crippen LogP contribution is 2.20. The summed E-state index contributed by atoms with van der Waals surface area (Å²) in [4.78, 5) is 12.7. The molecule has 1 amide bonds. The average molecular weight is 560 g/mol. The Morgan fingerprint density at radius 1 is 0.821 bits per heavy atom. The van der Waals surface area contributed by atoms with E-state index in [2.05, 4.69) is 27.5 Å². The first-order chi connectivity index (χ1) is 18.7. The number of benzene rings is 4. The maximum absolute atomic E-state index is 12.8. The van der Waals surface area contributed by atoms with Crippen molar-refractivity contribution in [3.05, 3.63) is 119 Å². The predicted octanol–water partition coefficient (Wildman–Crippen LogP) is 5.85. The lowest BCUT2D eigenvalue weighted by atomic mass is 10.1. The highest BCUT2D eigenvalue weighted by Gasteiger charge is 2.15. The summed E-state index contributed by atoms with van der Waals surface area (Å²) in [6.45, 7) is 4.42. The van der Waals surface area contributed by atoms with Crippen molar-refractivity contribution in [3.63, 3.8) is 0 Å². The van der Waals surface area contributed by atoms with Crippen molar-refractivity contribution in [2.75, 3.05) is 16.6 Å². The maximum Gasteiger partial charge on any atom is 0.261 e. The van der Waals surface area contributed by atoms with Gasteiger partial charge in [0.25, 0.3) is 15.9 Å². The van der Waals surface area contributed by atoms with Crippen LogP contribution >= 0.6 is 12.2 Å². The van der Waals surface area contributed by atoms with Crippen LogP contribution in [0.25, 0.3) is 0 Å². The van der Waals surface area contributed by atoms with Crippen LogP contribution in [0.4, 0.5) is 11.4 Å². The molecular formula is C30H29N3O4S2. The SMILES string of the molecule is Cc1ccc(NS(=O)(=O)c2ccc(NC(=S)NC(=O)c3ccc(OCCc4ccccc4)cc3)cc2)cc1C. The summed E-state index contributed by atoms with van der Waals surface area (Å²) in [5, 5.41) is 5.62. The number of aryl methyl sites for hydroxylation is 2. The molecule has 0 spiro atoms. The Balaban J connectivity index is 1.27. The van der Waals surface area contributed by atoms with Crippen molar-refractivity contribution in [2.24, 2.45) is 0 Å². The summed E-state index contributed by atoms with van der Waals surface area (Å²) in [5.41, 5.74) is 4.72. The van der Waals surface area contributed by atoms with Gasteiger partial charge in [-0.3, -0.25) is 14.8 Å². The fourth-order valence-electron chi connectivity index (χ4n) is 3.71. The van der Waals surface area contributed by atoms with Gasteiger partial charge in [0, 0.05) is 23.4 Å². The van der Waals surface area contributed by atoms with Crippen molar-refractivity contribution in [3.8, 4) is 5.75 Å². The normalized spacial score (nSPS) is 10.9. The summed E-state index contributed by atoms with van der Waals surface area (Å²) in [6.07, 6.45) is 0.791. The summed E-state index contributed by atoms with van der Waals surface area (Å²) in [6, 6.07) is 28.3. The zero-order valence-corrected chi connectivity index (χ0v) is 23.2. The number of rotatable bonds is 9. The van der Waals surface area contributed by atoms with Gasteiger partial charge >= 0.3 is 0 Å². The van der Waals surface area contributed by atoms with E-state index >= 15 is 0 Å². The van der Waals surface area contributed by atoms with Crippen molar-refractivity contribution in [1.82, 2.24) is 5.32 Å². The number of ether oxygens (including phenoxy) is 1. The van der Waals surface area contributed by atoms with Crippen LogP contribution < -0.4 is 20.1 Å². The molecule has 7 nitrogen and oxygen atoms in total. The second-order valence-corrected chi connectivity index (χ2v) is 11.0. The molecule has 0 aromatic heterocycles. The van der Waals surface area contributed by atoms with Gasteiger partial charge in [0.2, 0.25) is 0 Å². The lowest BCUT2D eigenvalue weighted by molar-refractivity contribution is 0.0977. The van der Waals surface area contributed by atoms with E-state index in [1.165, 1.54) is 17.7 Å². The topological polar surface area (TPSA) is 96.5 Å². The van der Waals surface area contributed by atoms with Crippen molar-refractivity contribution in [2.45, 2.75) is 25.2 Å². The van der Waals surface area contributed by atoms with E-state index in [-0.39, 0.29) is 15.9 Å². The van der Waals surface area contributed by atoms with Gasteiger partial charge in [-0.2, -0.15) is 0 Å². The van der Waals surface area contributed by atoms with Crippen LogP contribution in [0.1, 0.15) is 27.0 Å². The second kappa shape index (κ2) is 12.6. The number of hydrogen-bond acceptors (Lipinski definition) is 5. The Labute approximate surface area is 234 Å². The number of amides is 1. The third kappa shape index (κ3) is 7.89. The summed E-state index contributed by atoms with van der Waals surface area (Å²) >= 11 is 5.26. The third-order valence-corrected chi connectivity index (χ3v) is 7.63. The molecule has 39 heavy (non-hydrogen) atoms. The van der Waals surface area contributed by atoms with Crippen LogP contribution in [0.15, 0.2) is 102 Å². The van der Waals surface area contributed by atoms with Gasteiger partial charge in [-0.1, -0.05) is 36.4 Å². The molecule has 0 saturated heterocycles. The van der Waals surface area contributed by atoms with Crippen molar-refractivity contribution >= 4 is 44.6 Å². The molecule has 0 aliphatic carbocycles. The summed E-state index contributed by atoms with van der Waals surface area (Å²) < 4.78 is 33.9. The fourth-order valence-corrected chi connectivity index (χ4v) is 4.97. The molecule has 0 atom stereocenters. The highest BCUT2D eigenvalue weighted by molar-refractivity contribution is 7.92. The van der Waals surface area contributed by atoms with E-state index in [1.54, 1.807) is 48.5 Å². The van der Waals surface area contributed by atoms with Crippen LogP contribution in [-0.2, 0) is 16.4 Å². The number of anilines is 2. The van der Waals surface area contributed by atoms with Crippen LogP contribution in [0.3, 0.4) is 0 Å². The minimum atomic E-state index is -3.76. The lowest BCUT2D eigenvalue weighted by Crippen LogP contribution is -2.34. The van der Waals surface area contributed by atoms with E-state index in [1.807, 2.05) is 38.1 Å². The van der Waals surface area contributed by atoms with E-state index in [0.717, 1.165) is 17.5 Å². The molecule has 0 heterocycles. The van der Waals surface area contributed by atoms with E-state index in [9.17, 15) is 13.2 Å². The minimum Gasteiger partial charge on any atom is -0.493 e. The molecule has 0 radical (unpaired) electrons. The van der Waals surface area contributed by atoms with Gasteiger partial charge < -0.3 is 10.1 Å². The molecule has 200 valence electrons. The Hall–Kier alpha value is -4.21. The standard InChI is InChI=1S/C30H29N3O4S2/c1-21-8-11-26(20-22(21)2)33-39(35,36)28-16-12-25(13-17-28)31-30(38)32-29(34)24-9-14-27(15-10-24)37-19-18-23-6-4-3-5-7-23/h3-17,20,33H,18-19H2,1-2H3,(H2,31,32,34,38). The first-order valence-electron chi connectivity index (χ1n) is 12.3. The van der Waals surface area contributed by atoms with E-state index in [4.69, 9.17) is 17.0 Å². The van der Waals surface area contributed by atoms with Gasteiger partial charge in [0.1, 0.15) is 5.75 Å². The first-order valence-corrected chi connectivity index (χ1v) is 14.2. The van der Waals surface area contributed by atoms with Crippen molar-refractivity contribution < 1.29 is 17.9 Å². The minimum absolute atomic E-state index is 0.0899. The molecule has 0 bridgehead atoms. The summed E-state index contributed by atoms with van der Waals surface area (Å²) in [7, 11) is -3.76. The molecule has 0 aliphatic rings. The number of thiocarbonyl (C=S) groups is 1. The Bertz CT molecular complexity index is 1550. The van der Waals surface area contributed by atoms with Gasteiger partial charge in [-0.25, -0.2) is 8.42 Å². The smallest absolute Gasteiger partial charge is 0.261 e. The third-order valence-electron chi connectivity index (χ3n) is 6.03. The molecular weight excluding hydrogens is 530 g/mol. The molecule has 9 heteroatoms.